The minimum absolute atomic E-state index is 0.0354. The van der Waals surface area contributed by atoms with E-state index < -0.39 is 5.97 Å². The van der Waals surface area contributed by atoms with E-state index in [1.165, 1.54) is 0 Å². The summed E-state index contributed by atoms with van der Waals surface area (Å²) < 4.78 is 5.62. The zero-order chi connectivity index (χ0) is 13.0. The molecule has 2 rings (SSSR count). The molecule has 1 N–H and O–H groups in total. The van der Waals surface area contributed by atoms with Crippen LogP contribution in [0.1, 0.15) is 16.3 Å². The number of ether oxygens (including phenoxy) is 1. The number of aromatic nitrogens is 1. The summed E-state index contributed by atoms with van der Waals surface area (Å²) in [4.78, 5) is 15.0. The highest BCUT2D eigenvalue weighted by atomic mass is 32.1. The number of hydrogen-bond acceptors (Lipinski definition) is 4. The van der Waals surface area contributed by atoms with Gasteiger partial charge in [0.15, 0.2) is 0 Å². The Labute approximate surface area is 109 Å². The highest BCUT2D eigenvalue weighted by molar-refractivity contribution is 7.09. The smallest absolute Gasteiger partial charge is 0.307 e. The van der Waals surface area contributed by atoms with Crippen LogP contribution < -0.4 is 4.74 Å². The molecule has 0 radical (unpaired) electrons. The molecule has 0 aliphatic rings. The number of aryl methyl sites for hydroxylation is 1. The first-order valence-electron chi connectivity index (χ1n) is 5.48. The average Bonchev–Trinajstić information content (AvgIpc) is 2.73. The van der Waals surface area contributed by atoms with Crippen molar-refractivity contribution in [3.63, 3.8) is 0 Å². The van der Waals surface area contributed by atoms with Crippen LogP contribution in [0.15, 0.2) is 29.6 Å². The molecule has 0 saturated heterocycles. The first-order chi connectivity index (χ1) is 8.65. The molecule has 0 amide bonds. The van der Waals surface area contributed by atoms with E-state index in [1.807, 2.05) is 18.4 Å². The molecule has 1 heterocycles. The van der Waals surface area contributed by atoms with Crippen molar-refractivity contribution in [3.05, 3.63) is 45.9 Å². The Hall–Kier alpha value is -1.88. The van der Waals surface area contributed by atoms with Gasteiger partial charge in [-0.1, -0.05) is 18.2 Å². The fraction of sp³-hybridized carbons (Fsp3) is 0.231. The molecule has 0 bridgehead atoms. The molecule has 94 valence electrons. The van der Waals surface area contributed by atoms with Crippen LogP contribution in [0.3, 0.4) is 0 Å². The first kappa shape index (κ1) is 12.6. The number of carbonyl (C=O) groups is 1. The van der Waals surface area contributed by atoms with Gasteiger partial charge in [-0.25, -0.2) is 4.98 Å². The molecule has 0 aliphatic heterocycles. The van der Waals surface area contributed by atoms with Gasteiger partial charge in [-0.3, -0.25) is 4.79 Å². The number of rotatable bonds is 5. The van der Waals surface area contributed by atoms with E-state index in [4.69, 9.17) is 9.84 Å². The third-order valence-electron chi connectivity index (χ3n) is 2.36. The summed E-state index contributed by atoms with van der Waals surface area (Å²) in [5.74, 6) is -0.263. The highest BCUT2D eigenvalue weighted by Gasteiger charge is 2.08. The van der Waals surface area contributed by atoms with Crippen LogP contribution in [-0.2, 0) is 17.8 Å². The van der Waals surface area contributed by atoms with Gasteiger partial charge in [0.25, 0.3) is 0 Å². The molecular weight excluding hydrogens is 250 g/mol. The van der Waals surface area contributed by atoms with Crippen LogP contribution in [0.25, 0.3) is 0 Å². The van der Waals surface area contributed by atoms with E-state index in [2.05, 4.69) is 4.98 Å². The van der Waals surface area contributed by atoms with Gasteiger partial charge in [-0.15, -0.1) is 11.3 Å². The second-order valence-electron chi connectivity index (χ2n) is 3.82. The summed E-state index contributed by atoms with van der Waals surface area (Å²) in [5.41, 5.74) is 1.54. The van der Waals surface area contributed by atoms with E-state index in [-0.39, 0.29) is 6.42 Å². The zero-order valence-electron chi connectivity index (χ0n) is 9.92. The normalized spacial score (nSPS) is 10.3. The molecule has 0 unspecified atom stereocenters. The predicted molar refractivity (Wildman–Crippen MR) is 69.0 cm³/mol. The third-order valence-corrected chi connectivity index (χ3v) is 3.18. The maximum absolute atomic E-state index is 10.7. The lowest BCUT2D eigenvalue weighted by Crippen LogP contribution is -2.04. The third kappa shape index (κ3) is 3.30. The van der Waals surface area contributed by atoms with Crippen LogP contribution in [0.2, 0.25) is 0 Å². The summed E-state index contributed by atoms with van der Waals surface area (Å²) in [6.07, 6.45) is -0.0354. The molecule has 1 aromatic carbocycles. The van der Waals surface area contributed by atoms with Crippen molar-refractivity contribution < 1.29 is 14.6 Å². The predicted octanol–water partition coefficient (Wildman–Crippen LogP) is 2.66. The molecule has 0 fully saturated rings. The molecule has 2 aromatic rings. The molecular formula is C13H13NO3S. The van der Waals surface area contributed by atoms with Crippen LogP contribution in [0.5, 0.6) is 5.75 Å². The van der Waals surface area contributed by atoms with Crippen molar-refractivity contribution in [1.82, 2.24) is 4.98 Å². The largest absolute Gasteiger partial charge is 0.487 e. The van der Waals surface area contributed by atoms with Gasteiger partial charge in [0.05, 0.1) is 17.1 Å². The summed E-state index contributed by atoms with van der Waals surface area (Å²) in [6.45, 7) is 2.30. The highest BCUT2D eigenvalue weighted by Crippen LogP contribution is 2.20. The quantitative estimate of drug-likeness (QED) is 0.901. The molecule has 0 saturated carbocycles. The number of carboxylic acid groups (broad SMARTS) is 1. The second kappa shape index (κ2) is 5.64. The number of para-hydroxylation sites is 1. The number of nitrogens with zero attached hydrogens (tertiary/aromatic N) is 1. The zero-order valence-corrected chi connectivity index (χ0v) is 10.7. The van der Waals surface area contributed by atoms with Gasteiger partial charge in [0, 0.05) is 10.9 Å². The molecule has 4 nitrogen and oxygen atoms in total. The van der Waals surface area contributed by atoms with Crippen LogP contribution in [0, 0.1) is 6.92 Å². The minimum atomic E-state index is -0.865. The van der Waals surface area contributed by atoms with Gasteiger partial charge in [-0.05, 0) is 13.0 Å². The fourth-order valence-corrected chi connectivity index (χ4v) is 2.18. The van der Waals surface area contributed by atoms with E-state index >= 15 is 0 Å². The molecule has 5 heteroatoms. The number of hydrogen-bond donors (Lipinski definition) is 1. The SMILES string of the molecule is Cc1nc(COc2ccccc2CC(=O)O)cs1. The fourth-order valence-electron chi connectivity index (χ4n) is 1.58. The minimum Gasteiger partial charge on any atom is -0.487 e. The van der Waals surface area contributed by atoms with E-state index in [9.17, 15) is 4.79 Å². The summed E-state index contributed by atoms with van der Waals surface area (Å²) >= 11 is 1.57. The Morgan fingerprint density at radius 1 is 1.44 bits per heavy atom. The Bertz CT molecular complexity index is 551. The summed E-state index contributed by atoms with van der Waals surface area (Å²) in [5, 5.41) is 11.7. The number of thiazole rings is 1. The summed E-state index contributed by atoms with van der Waals surface area (Å²) in [7, 11) is 0. The molecule has 1 aromatic heterocycles. The molecule has 0 atom stereocenters. The first-order valence-corrected chi connectivity index (χ1v) is 6.36. The maximum atomic E-state index is 10.7. The van der Waals surface area contributed by atoms with E-state index in [1.54, 1.807) is 29.5 Å². The lowest BCUT2D eigenvalue weighted by atomic mass is 10.1. The van der Waals surface area contributed by atoms with Crippen molar-refractivity contribution >= 4 is 17.3 Å². The van der Waals surface area contributed by atoms with E-state index in [0.29, 0.717) is 17.9 Å². The Morgan fingerprint density at radius 2 is 2.22 bits per heavy atom. The van der Waals surface area contributed by atoms with Crippen molar-refractivity contribution in [2.24, 2.45) is 0 Å². The number of carboxylic acids is 1. The lowest BCUT2D eigenvalue weighted by molar-refractivity contribution is -0.136. The van der Waals surface area contributed by atoms with Crippen molar-refractivity contribution in [1.29, 1.82) is 0 Å². The monoisotopic (exact) mass is 263 g/mol. The summed E-state index contributed by atoms with van der Waals surface area (Å²) in [6, 6.07) is 7.17. The Morgan fingerprint density at radius 3 is 2.89 bits per heavy atom. The van der Waals surface area contributed by atoms with Gasteiger partial charge in [-0.2, -0.15) is 0 Å². The molecule has 0 spiro atoms. The average molecular weight is 263 g/mol. The lowest BCUT2D eigenvalue weighted by Gasteiger charge is -2.08. The second-order valence-corrected chi connectivity index (χ2v) is 4.89. The van der Waals surface area contributed by atoms with Gasteiger partial charge in [0.2, 0.25) is 0 Å². The van der Waals surface area contributed by atoms with E-state index in [0.717, 1.165) is 10.7 Å². The van der Waals surface area contributed by atoms with Gasteiger partial charge < -0.3 is 9.84 Å². The Kier molecular flexibility index (Phi) is 3.94. The van der Waals surface area contributed by atoms with Crippen LogP contribution in [-0.4, -0.2) is 16.1 Å². The standard InChI is InChI=1S/C13H13NO3S/c1-9-14-11(8-18-9)7-17-12-5-3-2-4-10(12)6-13(15)16/h2-5,8H,6-7H2,1H3,(H,15,16). The van der Waals surface area contributed by atoms with Gasteiger partial charge in [0.1, 0.15) is 12.4 Å². The van der Waals surface area contributed by atoms with Crippen molar-refractivity contribution in [2.45, 2.75) is 20.0 Å². The topological polar surface area (TPSA) is 59.4 Å². The molecule has 18 heavy (non-hydrogen) atoms. The number of benzene rings is 1. The molecule has 0 aliphatic carbocycles. The van der Waals surface area contributed by atoms with Gasteiger partial charge >= 0.3 is 5.97 Å². The van der Waals surface area contributed by atoms with Crippen LogP contribution >= 0.6 is 11.3 Å². The Balaban J connectivity index is 2.06. The maximum Gasteiger partial charge on any atom is 0.307 e. The van der Waals surface area contributed by atoms with Crippen molar-refractivity contribution in [2.75, 3.05) is 0 Å². The van der Waals surface area contributed by atoms with Crippen molar-refractivity contribution in [3.8, 4) is 5.75 Å². The number of aliphatic carboxylic acids is 1. The van der Waals surface area contributed by atoms with Crippen LogP contribution in [0.4, 0.5) is 0 Å².